The van der Waals surface area contributed by atoms with Crippen LogP contribution in [0, 0.1) is 0 Å². The number of ketones is 1. The molecule has 0 aliphatic rings. The van der Waals surface area contributed by atoms with E-state index in [4.69, 9.17) is 0 Å². The fourth-order valence-corrected chi connectivity index (χ4v) is 0.627. The molecular weight excluding hydrogens is 222 g/mol. The van der Waals surface area contributed by atoms with Crippen molar-refractivity contribution in [3.8, 4) is 0 Å². The Hall–Kier alpha value is 0.610. The van der Waals surface area contributed by atoms with Crippen molar-refractivity contribution in [3.05, 3.63) is 0 Å². The third-order valence-corrected chi connectivity index (χ3v) is 1.11. The van der Waals surface area contributed by atoms with E-state index in [2.05, 4.69) is 9.47 Å². The van der Waals surface area contributed by atoms with Gasteiger partial charge in [0.2, 0.25) is 0 Å². The maximum Gasteiger partial charge on any atom is 1.00 e. The Kier molecular flexibility index (Phi) is 17.7. The summed E-state index contributed by atoms with van der Waals surface area (Å²) in [4.78, 5) is 32.3. The maximum atomic E-state index is 10.8. The van der Waals surface area contributed by atoms with Crippen molar-refractivity contribution in [2.75, 3.05) is 13.2 Å². The van der Waals surface area contributed by atoms with Crippen molar-refractivity contribution < 1.29 is 85.8 Å². The molecular formula is C8H14Na2O5. The number of carbonyl (C=O) groups is 3. The zero-order chi connectivity index (χ0) is 10.3. The van der Waals surface area contributed by atoms with Gasteiger partial charge in [0.05, 0.1) is 13.2 Å². The third kappa shape index (κ3) is 10.9. The fraction of sp³-hybridized carbons (Fsp3) is 0.625. The Morgan fingerprint density at radius 3 is 1.87 bits per heavy atom. The van der Waals surface area contributed by atoms with E-state index in [9.17, 15) is 14.4 Å². The molecule has 0 rings (SSSR count). The van der Waals surface area contributed by atoms with E-state index in [1.165, 1.54) is 0 Å². The molecule has 0 bridgehead atoms. The summed E-state index contributed by atoms with van der Waals surface area (Å²) >= 11 is 0. The molecule has 0 heterocycles. The minimum atomic E-state index is -0.990. The number of Topliss-reactive ketones (excluding diaryl/α,β-unsaturated/α-hetero) is 1. The monoisotopic (exact) mass is 236 g/mol. The third-order valence-electron chi connectivity index (χ3n) is 1.11. The first kappa shape index (κ1) is 21.0. The van der Waals surface area contributed by atoms with Crippen LogP contribution in [0.4, 0.5) is 0 Å². The Bertz CT molecular complexity index is 226. The van der Waals surface area contributed by atoms with Gasteiger partial charge in [-0.15, -0.1) is 0 Å². The van der Waals surface area contributed by atoms with Gasteiger partial charge in [0.25, 0.3) is 5.78 Å². The quantitative estimate of drug-likeness (QED) is 0.206. The summed E-state index contributed by atoms with van der Waals surface area (Å²) in [6.07, 6.45) is -0.549. The standard InChI is InChI=1S/C8H12O5.2Na.2H/c1-3-12-7(10)5-6(9)8(11)13-4-2;;;;/h3-5H2,1-2H3;;;;/q;2*+1;2*-1. The van der Waals surface area contributed by atoms with Crippen LogP contribution in [0.2, 0.25) is 0 Å². The van der Waals surface area contributed by atoms with Gasteiger partial charge < -0.3 is 12.3 Å². The smallest absolute Gasteiger partial charge is 1.00 e. The van der Waals surface area contributed by atoms with Crippen LogP contribution in [0.1, 0.15) is 23.1 Å². The van der Waals surface area contributed by atoms with Gasteiger partial charge in [0.1, 0.15) is 6.42 Å². The molecule has 0 aliphatic carbocycles. The molecule has 0 unspecified atom stereocenters. The van der Waals surface area contributed by atoms with Gasteiger partial charge in [-0.05, 0) is 13.8 Å². The van der Waals surface area contributed by atoms with E-state index >= 15 is 0 Å². The number of hydrogen-bond donors (Lipinski definition) is 0. The van der Waals surface area contributed by atoms with Crippen molar-refractivity contribution in [2.45, 2.75) is 20.3 Å². The van der Waals surface area contributed by atoms with Crippen LogP contribution in [0.25, 0.3) is 0 Å². The number of ether oxygens (including phenoxy) is 2. The molecule has 0 saturated carbocycles. The Balaban J connectivity index is -0.000000120. The molecule has 0 aromatic heterocycles. The van der Waals surface area contributed by atoms with Crippen LogP contribution < -0.4 is 59.1 Å². The summed E-state index contributed by atoms with van der Waals surface area (Å²) in [6.45, 7) is 3.50. The second-order valence-corrected chi connectivity index (χ2v) is 2.13. The molecule has 0 N–H and O–H groups in total. The first-order valence-electron chi connectivity index (χ1n) is 3.97. The van der Waals surface area contributed by atoms with Gasteiger partial charge in [-0.1, -0.05) is 0 Å². The van der Waals surface area contributed by atoms with Gasteiger partial charge in [-0.2, -0.15) is 0 Å². The number of rotatable bonds is 5. The Labute approximate surface area is 136 Å². The molecule has 0 aromatic carbocycles. The van der Waals surface area contributed by atoms with E-state index in [1.807, 2.05) is 0 Å². The number of carbonyl (C=O) groups excluding carboxylic acids is 3. The van der Waals surface area contributed by atoms with Gasteiger partial charge >= 0.3 is 71.1 Å². The van der Waals surface area contributed by atoms with Crippen molar-refractivity contribution >= 4 is 17.7 Å². The molecule has 0 amide bonds. The van der Waals surface area contributed by atoms with Crippen LogP contribution in [-0.4, -0.2) is 30.9 Å². The van der Waals surface area contributed by atoms with E-state index in [0.29, 0.717) is 0 Å². The summed E-state index contributed by atoms with van der Waals surface area (Å²) in [5.41, 5.74) is 0. The topological polar surface area (TPSA) is 69.7 Å². The summed E-state index contributed by atoms with van der Waals surface area (Å²) < 4.78 is 8.86. The van der Waals surface area contributed by atoms with Crippen LogP contribution in [0.15, 0.2) is 0 Å². The molecule has 0 aliphatic heterocycles. The van der Waals surface area contributed by atoms with Gasteiger partial charge in [0.15, 0.2) is 0 Å². The summed E-state index contributed by atoms with van der Waals surface area (Å²) in [5, 5.41) is 0. The first-order chi connectivity index (χ1) is 6.11. The van der Waals surface area contributed by atoms with Crippen molar-refractivity contribution in [1.29, 1.82) is 0 Å². The predicted octanol–water partition coefficient (Wildman–Crippen LogP) is -5.70. The van der Waals surface area contributed by atoms with E-state index < -0.39 is 24.1 Å². The molecule has 0 fully saturated rings. The maximum absolute atomic E-state index is 10.8. The second kappa shape index (κ2) is 12.7. The molecule has 0 aromatic rings. The summed E-state index contributed by atoms with van der Waals surface area (Å²) in [6, 6.07) is 0. The SMILES string of the molecule is CCOC(=O)CC(=O)C(=O)OCC.[H-].[H-].[Na+].[Na+]. The van der Waals surface area contributed by atoms with Gasteiger partial charge in [-0.25, -0.2) is 4.79 Å². The fourth-order valence-electron chi connectivity index (χ4n) is 0.627. The largest absolute Gasteiger partial charge is 1.00 e. The number of esters is 2. The summed E-state index contributed by atoms with van der Waals surface area (Å²) in [5.74, 6) is -2.57. The molecule has 0 spiro atoms. The van der Waals surface area contributed by atoms with Crippen LogP contribution in [-0.2, 0) is 23.9 Å². The normalized spacial score (nSPS) is 7.87. The van der Waals surface area contributed by atoms with Crippen LogP contribution in [0.3, 0.4) is 0 Å². The molecule has 0 radical (unpaired) electrons. The van der Waals surface area contributed by atoms with Crippen molar-refractivity contribution in [1.82, 2.24) is 0 Å². The minimum Gasteiger partial charge on any atom is -1.00 e. The van der Waals surface area contributed by atoms with Gasteiger partial charge in [-0.3, -0.25) is 9.59 Å². The Morgan fingerprint density at radius 1 is 1.00 bits per heavy atom. The van der Waals surface area contributed by atoms with Crippen molar-refractivity contribution in [2.24, 2.45) is 0 Å². The average molecular weight is 236 g/mol. The van der Waals surface area contributed by atoms with E-state index in [1.54, 1.807) is 13.8 Å². The zero-order valence-electron chi connectivity index (χ0n) is 11.7. The van der Waals surface area contributed by atoms with Crippen LogP contribution in [0.5, 0.6) is 0 Å². The number of hydrogen-bond acceptors (Lipinski definition) is 5. The van der Waals surface area contributed by atoms with E-state index in [-0.39, 0.29) is 75.2 Å². The van der Waals surface area contributed by atoms with Gasteiger partial charge in [0, 0.05) is 0 Å². The molecule has 15 heavy (non-hydrogen) atoms. The molecule has 78 valence electrons. The minimum absolute atomic E-state index is 0. The molecule has 5 nitrogen and oxygen atoms in total. The second-order valence-electron chi connectivity index (χ2n) is 2.13. The van der Waals surface area contributed by atoms with Crippen LogP contribution >= 0.6 is 0 Å². The predicted molar refractivity (Wildman–Crippen MR) is 45.1 cm³/mol. The molecule has 7 heteroatoms. The average Bonchev–Trinajstić information content (AvgIpc) is 2.05. The van der Waals surface area contributed by atoms with E-state index in [0.717, 1.165) is 0 Å². The van der Waals surface area contributed by atoms with Crippen molar-refractivity contribution in [3.63, 3.8) is 0 Å². The first-order valence-corrected chi connectivity index (χ1v) is 3.97. The summed E-state index contributed by atoms with van der Waals surface area (Å²) in [7, 11) is 0. The zero-order valence-corrected chi connectivity index (χ0v) is 13.7. The Morgan fingerprint density at radius 2 is 1.47 bits per heavy atom. The molecule has 0 saturated heterocycles. The molecule has 0 atom stereocenters.